The highest BCUT2D eigenvalue weighted by atomic mass is 16.7. The minimum absolute atomic E-state index is 0.0859. The van der Waals surface area contributed by atoms with Crippen molar-refractivity contribution in [1.29, 1.82) is 0 Å². The van der Waals surface area contributed by atoms with Gasteiger partial charge in [-0.2, -0.15) is 0 Å². The number of aliphatic hydroxyl groups is 1. The number of ether oxygens (including phenoxy) is 10. The van der Waals surface area contributed by atoms with E-state index in [4.69, 9.17) is 47.4 Å². The van der Waals surface area contributed by atoms with Gasteiger partial charge in [-0.25, -0.2) is 0 Å². The first kappa shape index (κ1) is 24.9. The van der Waals surface area contributed by atoms with E-state index >= 15 is 0 Å². The van der Waals surface area contributed by atoms with Gasteiger partial charge in [0.15, 0.2) is 0 Å². The Bertz CT molecular complexity index is 714. The van der Waals surface area contributed by atoms with Crippen molar-refractivity contribution in [3.63, 3.8) is 0 Å². The molecule has 0 aromatic carbocycles. The van der Waals surface area contributed by atoms with Crippen LogP contribution >= 0.6 is 0 Å². The van der Waals surface area contributed by atoms with Crippen LogP contribution in [0.15, 0.2) is 0 Å². The summed E-state index contributed by atoms with van der Waals surface area (Å²) in [5.74, 6) is 0.111. The van der Waals surface area contributed by atoms with Crippen molar-refractivity contribution in [2.75, 3.05) is 66.1 Å². The molecule has 6 saturated heterocycles. The summed E-state index contributed by atoms with van der Waals surface area (Å²) >= 11 is 0. The summed E-state index contributed by atoms with van der Waals surface area (Å²) in [6.45, 7) is 9.01. The average molecular weight is 503 g/mol. The van der Waals surface area contributed by atoms with Crippen molar-refractivity contribution in [3.8, 4) is 0 Å². The molecule has 0 radical (unpaired) electrons. The zero-order valence-electron chi connectivity index (χ0n) is 20.5. The molecular formula is C24H38O11. The highest BCUT2D eigenvalue weighted by Gasteiger charge is 2.54. The summed E-state index contributed by atoms with van der Waals surface area (Å²) in [7, 11) is 0. The molecular weight excluding hydrogens is 464 g/mol. The van der Waals surface area contributed by atoms with Crippen LogP contribution in [0.5, 0.6) is 0 Å². The molecule has 0 saturated carbocycles. The lowest BCUT2D eigenvalue weighted by Gasteiger charge is -2.33. The molecule has 6 rings (SSSR count). The molecule has 4 unspecified atom stereocenters. The minimum Gasteiger partial charge on any atom is -0.388 e. The maximum absolute atomic E-state index is 10.5. The maximum atomic E-state index is 10.5. The number of epoxide rings is 2. The van der Waals surface area contributed by atoms with Crippen molar-refractivity contribution in [3.05, 3.63) is 0 Å². The van der Waals surface area contributed by atoms with Crippen LogP contribution in [-0.4, -0.2) is 138 Å². The fraction of sp³-hybridized carbons (Fsp3) is 1.00. The number of fused-ring (bicyclic) bond motifs is 2. The highest BCUT2D eigenvalue weighted by molar-refractivity contribution is 5.01. The van der Waals surface area contributed by atoms with Gasteiger partial charge in [0.25, 0.3) is 0 Å². The Morgan fingerprint density at radius 1 is 0.657 bits per heavy atom. The van der Waals surface area contributed by atoms with E-state index in [1.807, 2.05) is 0 Å². The van der Waals surface area contributed by atoms with Gasteiger partial charge >= 0.3 is 0 Å². The molecule has 11 heteroatoms. The molecule has 0 bridgehead atoms. The predicted molar refractivity (Wildman–Crippen MR) is 117 cm³/mol. The van der Waals surface area contributed by atoms with Crippen LogP contribution in [0.1, 0.15) is 13.8 Å². The zero-order valence-corrected chi connectivity index (χ0v) is 20.5. The minimum atomic E-state index is -0.774. The Morgan fingerprint density at radius 3 is 1.74 bits per heavy atom. The number of rotatable bonds is 13. The summed E-state index contributed by atoms with van der Waals surface area (Å²) in [4.78, 5) is 0. The largest absolute Gasteiger partial charge is 0.388 e. The fourth-order valence-corrected chi connectivity index (χ4v) is 5.41. The van der Waals surface area contributed by atoms with Crippen LogP contribution in [-0.2, 0) is 47.4 Å². The standard InChI is InChI=1S/C24H38O11/c1-24(2,35-8-15-6-27-15)16-9-31-21-17(10-32-20(16)21)28-3-13(25)4-29-18-11-33-23-19(12-34-22(18)23)30-7-14-5-26-14/h13-23,25H,3-12H2,1-2H3/t13?,14?,15?,16?,17-,18+,19-,20+,21+,22+,23+/m0/s1. The van der Waals surface area contributed by atoms with E-state index in [-0.39, 0.29) is 79.7 Å². The van der Waals surface area contributed by atoms with Crippen molar-refractivity contribution >= 4 is 0 Å². The van der Waals surface area contributed by atoms with E-state index in [2.05, 4.69) is 13.8 Å². The van der Waals surface area contributed by atoms with E-state index in [9.17, 15) is 5.11 Å². The molecule has 6 heterocycles. The lowest BCUT2D eigenvalue weighted by molar-refractivity contribution is -0.107. The van der Waals surface area contributed by atoms with Crippen LogP contribution < -0.4 is 0 Å². The lowest BCUT2D eigenvalue weighted by Crippen LogP contribution is -2.43. The van der Waals surface area contributed by atoms with Gasteiger partial charge < -0.3 is 52.5 Å². The summed E-state index contributed by atoms with van der Waals surface area (Å²) in [5.41, 5.74) is -0.382. The molecule has 6 fully saturated rings. The van der Waals surface area contributed by atoms with Gasteiger partial charge in [0.05, 0.1) is 77.8 Å². The fourth-order valence-electron chi connectivity index (χ4n) is 5.41. The predicted octanol–water partition coefficient (Wildman–Crippen LogP) is -0.693. The highest BCUT2D eigenvalue weighted by Crippen LogP contribution is 2.40. The molecule has 11 atom stereocenters. The monoisotopic (exact) mass is 502 g/mol. The molecule has 0 amide bonds. The second kappa shape index (κ2) is 10.4. The normalized spacial score (nSPS) is 45.0. The van der Waals surface area contributed by atoms with Gasteiger partial charge in [-0.1, -0.05) is 0 Å². The van der Waals surface area contributed by atoms with Crippen molar-refractivity contribution in [2.24, 2.45) is 5.92 Å². The van der Waals surface area contributed by atoms with Crippen LogP contribution in [0.4, 0.5) is 0 Å². The van der Waals surface area contributed by atoms with Gasteiger partial charge in [-0.05, 0) is 13.8 Å². The van der Waals surface area contributed by atoms with Crippen LogP contribution in [0.25, 0.3) is 0 Å². The first-order chi connectivity index (χ1) is 17.0. The summed E-state index contributed by atoms with van der Waals surface area (Å²) in [5, 5.41) is 10.5. The molecule has 0 spiro atoms. The summed E-state index contributed by atoms with van der Waals surface area (Å²) in [6, 6.07) is 0. The van der Waals surface area contributed by atoms with Crippen LogP contribution in [0.3, 0.4) is 0 Å². The first-order valence-electron chi connectivity index (χ1n) is 12.8. The Morgan fingerprint density at radius 2 is 1.14 bits per heavy atom. The molecule has 11 nitrogen and oxygen atoms in total. The van der Waals surface area contributed by atoms with E-state index < -0.39 is 6.10 Å². The maximum Gasteiger partial charge on any atom is 0.115 e. The van der Waals surface area contributed by atoms with Gasteiger partial charge in [0.2, 0.25) is 0 Å². The van der Waals surface area contributed by atoms with Crippen molar-refractivity contribution in [1.82, 2.24) is 0 Å². The Balaban J connectivity index is 0.906. The third kappa shape index (κ3) is 5.70. The Hall–Kier alpha value is -0.440. The van der Waals surface area contributed by atoms with Gasteiger partial charge in [0, 0.05) is 5.92 Å². The molecule has 0 aromatic rings. The van der Waals surface area contributed by atoms with E-state index in [0.29, 0.717) is 39.6 Å². The average Bonchev–Trinajstić information content (AvgIpc) is 3.66. The third-order valence-electron chi connectivity index (χ3n) is 7.81. The first-order valence-corrected chi connectivity index (χ1v) is 12.8. The third-order valence-corrected chi connectivity index (χ3v) is 7.81. The van der Waals surface area contributed by atoms with Crippen LogP contribution in [0, 0.1) is 5.92 Å². The SMILES string of the molecule is CC(C)(OCC1CO1)C1CO[C@@H]2[C@@H](OCC(O)CO[C@@H]3CO[C@H]4[C@@H]3OC[C@@H]4OCC3CO3)CO[C@H]12. The molecule has 6 aliphatic rings. The van der Waals surface area contributed by atoms with Crippen molar-refractivity contribution < 1.29 is 52.5 Å². The Labute approximate surface area is 205 Å². The van der Waals surface area contributed by atoms with E-state index in [1.54, 1.807) is 0 Å². The molecule has 35 heavy (non-hydrogen) atoms. The zero-order chi connectivity index (χ0) is 24.0. The van der Waals surface area contributed by atoms with Gasteiger partial charge in [0.1, 0.15) is 54.9 Å². The number of hydrogen-bond donors (Lipinski definition) is 1. The van der Waals surface area contributed by atoms with Gasteiger partial charge in [-0.15, -0.1) is 0 Å². The second-order valence-corrected chi connectivity index (χ2v) is 10.9. The summed E-state index contributed by atoms with van der Waals surface area (Å²) < 4.78 is 58.2. The molecule has 0 aliphatic carbocycles. The van der Waals surface area contributed by atoms with E-state index in [0.717, 1.165) is 13.2 Å². The summed E-state index contributed by atoms with van der Waals surface area (Å²) in [6.07, 6.45) is -1.49. The van der Waals surface area contributed by atoms with Gasteiger partial charge in [-0.3, -0.25) is 0 Å². The topological polar surface area (TPSA) is 119 Å². The molecule has 0 aromatic heterocycles. The number of hydrogen-bond acceptors (Lipinski definition) is 11. The molecule has 200 valence electrons. The second-order valence-electron chi connectivity index (χ2n) is 10.9. The lowest BCUT2D eigenvalue weighted by atomic mass is 9.86. The van der Waals surface area contributed by atoms with Crippen LogP contribution in [0.2, 0.25) is 0 Å². The number of aliphatic hydroxyl groups excluding tert-OH is 1. The molecule has 6 aliphatic heterocycles. The smallest absolute Gasteiger partial charge is 0.115 e. The quantitative estimate of drug-likeness (QED) is 0.322. The van der Waals surface area contributed by atoms with Crippen molar-refractivity contribution in [2.45, 2.75) is 80.5 Å². The molecule has 1 N–H and O–H groups in total. The Kier molecular flexibility index (Phi) is 7.37. The van der Waals surface area contributed by atoms with E-state index in [1.165, 1.54) is 0 Å².